The quantitative estimate of drug-likeness (QED) is 0.676. The second kappa shape index (κ2) is 7.70. The zero-order chi connectivity index (χ0) is 19.6. The summed E-state index contributed by atoms with van der Waals surface area (Å²) >= 11 is 0. The van der Waals surface area contributed by atoms with E-state index in [0.29, 0.717) is 32.0 Å². The molecule has 0 atom stereocenters. The summed E-state index contributed by atoms with van der Waals surface area (Å²) in [6.07, 6.45) is 0. The van der Waals surface area contributed by atoms with Crippen LogP contribution in [0.5, 0.6) is 0 Å². The van der Waals surface area contributed by atoms with Crippen LogP contribution in [0.3, 0.4) is 0 Å². The highest BCUT2D eigenvalue weighted by Gasteiger charge is 2.26. The van der Waals surface area contributed by atoms with Gasteiger partial charge in [-0.25, -0.2) is 8.42 Å². The van der Waals surface area contributed by atoms with Gasteiger partial charge >= 0.3 is 0 Å². The lowest BCUT2D eigenvalue weighted by molar-refractivity contribution is 0.0730. The number of aromatic nitrogens is 2. The van der Waals surface area contributed by atoms with E-state index in [1.807, 2.05) is 24.3 Å². The van der Waals surface area contributed by atoms with E-state index in [1.54, 1.807) is 24.3 Å². The first-order valence-corrected chi connectivity index (χ1v) is 10.4. The Kier molecular flexibility index (Phi) is 5.12. The third-order valence-electron chi connectivity index (χ3n) is 4.67. The van der Waals surface area contributed by atoms with Gasteiger partial charge in [0.05, 0.1) is 23.6 Å². The third kappa shape index (κ3) is 3.64. The van der Waals surface area contributed by atoms with Crippen molar-refractivity contribution in [1.29, 1.82) is 0 Å². The number of hydrogen-bond acceptors (Lipinski definition) is 5. The summed E-state index contributed by atoms with van der Waals surface area (Å²) in [6, 6.07) is 13.9. The largest absolute Gasteiger partial charge is 0.379 e. The fraction of sp³-hybridized carbons (Fsp3) is 0.263. The first-order chi connectivity index (χ1) is 13.6. The molecule has 4 rings (SSSR count). The molecule has 2 N–H and O–H groups in total. The van der Waals surface area contributed by atoms with Crippen LogP contribution < -0.4 is 5.32 Å². The standard InChI is InChI=1S/C19H20N4O4S/c24-19(18-16-3-1-2-4-17(16)21-22-18)20-13-14-5-7-15(8-6-14)28(25,26)23-9-11-27-12-10-23/h1-8H,9-13H2,(H,20,24)(H,21,22). The summed E-state index contributed by atoms with van der Waals surface area (Å²) in [4.78, 5) is 12.7. The summed E-state index contributed by atoms with van der Waals surface area (Å²) in [5.41, 5.74) is 1.93. The van der Waals surface area contributed by atoms with Gasteiger partial charge in [0, 0.05) is 25.0 Å². The molecular weight excluding hydrogens is 380 g/mol. The van der Waals surface area contributed by atoms with Gasteiger partial charge in [0.1, 0.15) is 0 Å². The summed E-state index contributed by atoms with van der Waals surface area (Å²) in [6.45, 7) is 1.81. The molecule has 0 unspecified atom stereocenters. The molecule has 1 amide bonds. The number of aromatic amines is 1. The lowest BCUT2D eigenvalue weighted by atomic mass is 10.2. The van der Waals surface area contributed by atoms with Gasteiger partial charge in [0.2, 0.25) is 10.0 Å². The Morgan fingerprint density at radius 2 is 1.82 bits per heavy atom. The number of fused-ring (bicyclic) bond motifs is 1. The number of nitrogens with one attached hydrogen (secondary N) is 2. The Balaban J connectivity index is 1.42. The van der Waals surface area contributed by atoms with Crippen molar-refractivity contribution in [3.8, 4) is 0 Å². The van der Waals surface area contributed by atoms with E-state index in [2.05, 4.69) is 15.5 Å². The molecule has 28 heavy (non-hydrogen) atoms. The van der Waals surface area contributed by atoms with Crippen molar-refractivity contribution < 1.29 is 17.9 Å². The van der Waals surface area contributed by atoms with Gasteiger partial charge < -0.3 is 10.1 Å². The number of sulfonamides is 1. The van der Waals surface area contributed by atoms with Crippen LogP contribution in [0.15, 0.2) is 53.4 Å². The van der Waals surface area contributed by atoms with Gasteiger partial charge in [-0.3, -0.25) is 9.89 Å². The van der Waals surface area contributed by atoms with Crippen LogP contribution in [0.4, 0.5) is 0 Å². The minimum Gasteiger partial charge on any atom is -0.379 e. The number of ether oxygens (including phenoxy) is 1. The fourth-order valence-corrected chi connectivity index (χ4v) is 4.53. The smallest absolute Gasteiger partial charge is 0.272 e. The summed E-state index contributed by atoms with van der Waals surface area (Å²) in [5, 5.41) is 10.5. The van der Waals surface area contributed by atoms with Crippen molar-refractivity contribution in [2.24, 2.45) is 0 Å². The second-order valence-corrected chi connectivity index (χ2v) is 8.40. The van der Waals surface area contributed by atoms with E-state index in [0.717, 1.165) is 16.5 Å². The Morgan fingerprint density at radius 1 is 1.11 bits per heavy atom. The predicted molar refractivity (Wildman–Crippen MR) is 103 cm³/mol. The minimum atomic E-state index is -3.52. The molecule has 2 heterocycles. The summed E-state index contributed by atoms with van der Waals surface area (Å²) in [7, 11) is -3.52. The van der Waals surface area contributed by atoms with Crippen molar-refractivity contribution in [3.05, 3.63) is 59.8 Å². The van der Waals surface area contributed by atoms with Crippen LogP contribution in [0, 0.1) is 0 Å². The number of H-pyrrole nitrogens is 1. The molecule has 1 saturated heterocycles. The second-order valence-electron chi connectivity index (χ2n) is 6.46. The van der Waals surface area contributed by atoms with Gasteiger partial charge in [0.25, 0.3) is 5.91 Å². The number of amides is 1. The molecule has 146 valence electrons. The van der Waals surface area contributed by atoms with Crippen LogP contribution in [-0.4, -0.2) is 55.1 Å². The molecule has 0 radical (unpaired) electrons. The van der Waals surface area contributed by atoms with Crippen LogP contribution >= 0.6 is 0 Å². The normalized spacial score (nSPS) is 15.6. The van der Waals surface area contributed by atoms with Crippen molar-refractivity contribution >= 4 is 26.8 Å². The molecule has 9 heteroatoms. The van der Waals surface area contributed by atoms with Crippen LogP contribution in [-0.2, 0) is 21.3 Å². The van der Waals surface area contributed by atoms with E-state index in [1.165, 1.54) is 4.31 Å². The van der Waals surface area contributed by atoms with Gasteiger partial charge in [-0.15, -0.1) is 0 Å². The van der Waals surface area contributed by atoms with Crippen LogP contribution in [0.25, 0.3) is 10.9 Å². The fourth-order valence-electron chi connectivity index (χ4n) is 3.12. The zero-order valence-electron chi connectivity index (χ0n) is 15.1. The molecule has 0 saturated carbocycles. The highest BCUT2D eigenvalue weighted by Crippen LogP contribution is 2.18. The van der Waals surface area contributed by atoms with E-state index in [-0.39, 0.29) is 17.3 Å². The minimum absolute atomic E-state index is 0.239. The molecule has 3 aromatic rings. The first-order valence-electron chi connectivity index (χ1n) is 8.94. The Labute approximate surface area is 162 Å². The van der Waals surface area contributed by atoms with Crippen molar-refractivity contribution in [2.45, 2.75) is 11.4 Å². The maximum absolute atomic E-state index is 12.6. The number of morpholine rings is 1. The Morgan fingerprint density at radius 3 is 2.57 bits per heavy atom. The lowest BCUT2D eigenvalue weighted by Crippen LogP contribution is -2.40. The number of carbonyl (C=O) groups is 1. The lowest BCUT2D eigenvalue weighted by Gasteiger charge is -2.26. The maximum Gasteiger partial charge on any atom is 0.272 e. The van der Waals surface area contributed by atoms with E-state index in [4.69, 9.17) is 4.74 Å². The van der Waals surface area contributed by atoms with Gasteiger partial charge in [-0.05, 0) is 23.8 Å². The zero-order valence-corrected chi connectivity index (χ0v) is 15.9. The Bertz CT molecular complexity index is 1090. The third-order valence-corrected chi connectivity index (χ3v) is 6.58. The average Bonchev–Trinajstić information content (AvgIpc) is 3.17. The molecule has 1 aliphatic heterocycles. The van der Waals surface area contributed by atoms with Gasteiger partial charge in [-0.2, -0.15) is 9.40 Å². The monoisotopic (exact) mass is 400 g/mol. The van der Waals surface area contributed by atoms with Crippen molar-refractivity contribution in [1.82, 2.24) is 19.8 Å². The molecule has 1 aromatic heterocycles. The molecule has 0 bridgehead atoms. The van der Waals surface area contributed by atoms with Crippen LogP contribution in [0.2, 0.25) is 0 Å². The van der Waals surface area contributed by atoms with E-state index < -0.39 is 10.0 Å². The number of nitrogens with zero attached hydrogens (tertiary/aromatic N) is 2. The predicted octanol–water partition coefficient (Wildman–Crippen LogP) is 1.51. The van der Waals surface area contributed by atoms with Crippen molar-refractivity contribution in [2.75, 3.05) is 26.3 Å². The highest BCUT2D eigenvalue weighted by molar-refractivity contribution is 7.89. The summed E-state index contributed by atoms with van der Waals surface area (Å²) < 4.78 is 31.9. The topological polar surface area (TPSA) is 104 Å². The highest BCUT2D eigenvalue weighted by atomic mass is 32.2. The SMILES string of the molecule is O=C(NCc1ccc(S(=O)(=O)N2CCOCC2)cc1)c1n[nH]c2ccccc12. The maximum atomic E-state index is 12.6. The number of hydrogen-bond donors (Lipinski definition) is 2. The van der Waals surface area contributed by atoms with Gasteiger partial charge in [-0.1, -0.05) is 30.3 Å². The molecule has 0 aliphatic carbocycles. The number of benzene rings is 2. The first kappa shape index (κ1) is 18.6. The van der Waals surface area contributed by atoms with E-state index in [9.17, 15) is 13.2 Å². The Hall–Kier alpha value is -2.75. The molecular formula is C19H20N4O4S. The number of para-hydroxylation sites is 1. The van der Waals surface area contributed by atoms with E-state index >= 15 is 0 Å². The average molecular weight is 400 g/mol. The molecule has 1 aliphatic rings. The molecule has 8 nitrogen and oxygen atoms in total. The van der Waals surface area contributed by atoms with Crippen molar-refractivity contribution in [3.63, 3.8) is 0 Å². The molecule has 2 aromatic carbocycles. The molecule has 0 spiro atoms. The number of carbonyl (C=O) groups excluding carboxylic acids is 1. The summed E-state index contributed by atoms with van der Waals surface area (Å²) in [5.74, 6) is -0.289. The number of rotatable bonds is 5. The van der Waals surface area contributed by atoms with Crippen LogP contribution in [0.1, 0.15) is 16.1 Å². The van der Waals surface area contributed by atoms with Gasteiger partial charge in [0.15, 0.2) is 5.69 Å². The molecule has 1 fully saturated rings.